The molecule has 0 spiro atoms. The first kappa shape index (κ1) is 43.6. The molecule has 17 nitrogen and oxygen atoms in total. The van der Waals surface area contributed by atoms with Gasteiger partial charge in [0.1, 0.15) is 28.6 Å². The number of alkyl halides is 2. The zero-order chi connectivity index (χ0) is 44.0. The van der Waals surface area contributed by atoms with Gasteiger partial charge >= 0.3 is 0 Å². The van der Waals surface area contributed by atoms with Crippen LogP contribution in [0.4, 0.5) is 28.6 Å². The van der Waals surface area contributed by atoms with Gasteiger partial charge in [0.05, 0.1) is 17.2 Å². The lowest BCUT2D eigenvalue weighted by Gasteiger charge is -2.22. The number of fused-ring (bicyclic) bond motifs is 1. The molecule has 4 aromatic heterocycles. The van der Waals surface area contributed by atoms with Crippen LogP contribution in [-0.4, -0.2) is 85.0 Å². The van der Waals surface area contributed by atoms with Gasteiger partial charge in [0.15, 0.2) is 0 Å². The van der Waals surface area contributed by atoms with Crippen LogP contribution in [0.2, 0.25) is 0 Å². The van der Waals surface area contributed by atoms with Crippen LogP contribution in [0, 0.1) is 5.41 Å². The number of nitrogens with one attached hydrogen (secondary N) is 6. The molecule has 0 atom stereocenters. The Morgan fingerprint density at radius 2 is 1.20 bits per heavy atom. The van der Waals surface area contributed by atoms with E-state index in [0.29, 0.717) is 64.7 Å². The van der Waals surface area contributed by atoms with Gasteiger partial charge in [-0.3, -0.25) is 29.4 Å². The van der Waals surface area contributed by atoms with Gasteiger partial charge in [0.2, 0.25) is 0 Å². The third kappa shape index (κ3) is 10.1. The van der Waals surface area contributed by atoms with Gasteiger partial charge in [-0.15, -0.1) is 23.2 Å². The van der Waals surface area contributed by atoms with E-state index in [-0.39, 0.29) is 42.0 Å². The topological polar surface area (TPSA) is 218 Å². The van der Waals surface area contributed by atoms with Crippen LogP contribution in [-0.2, 0) is 28.2 Å². The highest BCUT2D eigenvalue weighted by Crippen LogP contribution is 2.26. The van der Waals surface area contributed by atoms with Gasteiger partial charge in [0.25, 0.3) is 29.5 Å². The van der Waals surface area contributed by atoms with Gasteiger partial charge in [0, 0.05) is 106 Å². The molecule has 0 radical (unpaired) electrons. The molecule has 8 N–H and O–H groups in total. The highest BCUT2D eigenvalue weighted by molar-refractivity contribution is 6.18. The Bertz CT molecular complexity index is 2630. The van der Waals surface area contributed by atoms with Crippen molar-refractivity contribution in [3.8, 4) is 0 Å². The summed E-state index contributed by atoms with van der Waals surface area (Å²) in [6, 6.07) is 20.6. The van der Waals surface area contributed by atoms with Crippen molar-refractivity contribution in [1.82, 2.24) is 23.6 Å². The van der Waals surface area contributed by atoms with Crippen LogP contribution in [0.15, 0.2) is 85.2 Å². The third-order valence-electron chi connectivity index (χ3n) is 10.0. The summed E-state index contributed by atoms with van der Waals surface area (Å²) in [7, 11) is 6.73. The Morgan fingerprint density at radius 1 is 0.623 bits per heavy atom. The van der Waals surface area contributed by atoms with Gasteiger partial charge in [-0.1, -0.05) is 0 Å². The molecule has 0 fully saturated rings. The molecule has 2 aromatic carbocycles. The molecule has 6 aromatic rings. The number of rotatable bonds is 17. The number of carbonyl (C=O) groups excluding carboxylic acids is 5. The Hall–Kier alpha value is -6.98. The van der Waals surface area contributed by atoms with E-state index in [9.17, 15) is 24.0 Å². The minimum atomic E-state index is -0.474. The summed E-state index contributed by atoms with van der Waals surface area (Å²) in [5, 5.41) is 22.1. The number of nitrogens with two attached hydrogens (primary N) is 1. The van der Waals surface area contributed by atoms with E-state index in [1.54, 1.807) is 103 Å². The van der Waals surface area contributed by atoms with Crippen molar-refractivity contribution >= 4 is 98.0 Å². The lowest BCUT2D eigenvalue weighted by Crippen LogP contribution is -2.29. The third-order valence-corrected chi connectivity index (χ3v) is 10.3. The zero-order valence-corrected chi connectivity index (χ0v) is 35.4. The molecule has 6 rings (SSSR count). The van der Waals surface area contributed by atoms with E-state index in [2.05, 4.69) is 31.5 Å². The van der Waals surface area contributed by atoms with Crippen molar-refractivity contribution in [3.05, 3.63) is 114 Å². The quantitative estimate of drug-likeness (QED) is 0.0352. The standard InChI is InChI=1S/C42H46Cl2N12O5/c1-52-24-29(21-33(52)40(59)49-28-22-34(53(2)23-28)41(60)51-37-12-11-32(55(37)4)39(58)47-16-13-36(45)46)50-42(61)35-20-26-19-27(7-10-31(26)54(35)3)48-38(57)25-5-8-30(9-6-25)56(17-14-43)18-15-44/h5-12,19-24H,13-18H2,1-4H3,(H3,45,46)(H,47,58)(H,48,57)(H,49,59)(H,50,61)(H,51,60). The van der Waals surface area contributed by atoms with E-state index in [4.69, 9.17) is 34.3 Å². The Kier molecular flexibility index (Phi) is 13.5. The number of hydrogen-bond donors (Lipinski definition) is 7. The number of amidine groups is 1. The number of aryl methyl sites for hydroxylation is 3. The van der Waals surface area contributed by atoms with Crippen LogP contribution in [0.25, 0.3) is 10.9 Å². The van der Waals surface area contributed by atoms with E-state index >= 15 is 0 Å². The summed E-state index contributed by atoms with van der Waals surface area (Å²) >= 11 is 11.9. The number of amides is 5. The fourth-order valence-corrected chi connectivity index (χ4v) is 7.21. The van der Waals surface area contributed by atoms with Gasteiger partial charge < -0.3 is 55.5 Å². The Balaban J connectivity index is 1.07. The number of benzene rings is 2. The van der Waals surface area contributed by atoms with Crippen molar-refractivity contribution in [3.63, 3.8) is 0 Å². The van der Waals surface area contributed by atoms with Crippen LogP contribution < -0.4 is 37.2 Å². The number of nitrogens with zero attached hydrogens (tertiary/aromatic N) is 5. The number of hydrogen-bond acceptors (Lipinski definition) is 7. The highest BCUT2D eigenvalue weighted by Gasteiger charge is 2.21. The summed E-state index contributed by atoms with van der Waals surface area (Å²) in [4.78, 5) is 67.9. The summed E-state index contributed by atoms with van der Waals surface area (Å²) < 4.78 is 6.40. The molecule has 0 aliphatic heterocycles. The van der Waals surface area contributed by atoms with Crippen molar-refractivity contribution in [2.24, 2.45) is 33.9 Å². The number of halogens is 2. The number of carbonyl (C=O) groups is 5. The maximum Gasteiger partial charge on any atom is 0.273 e. The van der Waals surface area contributed by atoms with Crippen LogP contribution >= 0.6 is 23.2 Å². The molecule has 0 aliphatic rings. The molecule has 5 amide bonds. The van der Waals surface area contributed by atoms with E-state index in [1.807, 2.05) is 18.2 Å². The molecule has 0 bridgehead atoms. The molecule has 61 heavy (non-hydrogen) atoms. The molecule has 0 aliphatic carbocycles. The summed E-state index contributed by atoms with van der Waals surface area (Å²) in [6.45, 7) is 1.48. The summed E-state index contributed by atoms with van der Waals surface area (Å²) in [5.74, 6) is -0.771. The predicted octanol–water partition coefficient (Wildman–Crippen LogP) is 5.54. The van der Waals surface area contributed by atoms with Crippen LogP contribution in [0.1, 0.15) is 58.7 Å². The van der Waals surface area contributed by atoms with Crippen LogP contribution in [0.3, 0.4) is 0 Å². The normalized spacial score (nSPS) is 11.0. The largest absolute Gasteiger partial charge is 0.388 e. The average molecular weight is 870 g/mol. The van der Waals surface area contributed by atoms with E-state index < -0.39 is 17.7 Å². The Labute approximate surface area is 361 Å². The summed E-state index contributed by atoms with van der Waals surface area (Å²) in [6.07, 6.45) is 3.43. The van der Waals surface area contributed by atoms with Gasteiger partial charge in [-0.2, -0.15) is 0 Å². The SMILES string of the molecule is Cn1cc(NC(=O)c2cc3cc(NC(=O)c4ccc(N(CCCl)CCCl)cc4)ccc3n2C)cc1C(=O)Nc1cc(C(=O)Nc2ccc(C(=O)NCCC(=N)N)n2C)n(C)c1. The van der Waals surface area contributed by atoms with E-state index in [1.165, 1.54) is 10.6 Å². The van der Waals surface area contributed by atoms with E-state index in [0.717, 1.165) is 16.6 Å². The lowest BCUT2D eigenvalue weighted by molar-refractivity contribution is 0.0943. The maximum absolute atomic E-state index is 13.5. The van der Waals surface area contributed by atoms with Crippen molar-refractivity contribution in [2.45, 2.75) is 6.42 Å². The fourth-order valence-electron chi connectivity index (χ4n) is 6.80. The molecule has 0 unspecified atom stereocenters. The highest BCUT2D eigenvalue weighted by atomic mass is 35.5. The summed E-state index contributed by atoms with van der Waals surface area (Å²) in [5.41, 5.74) is 9.98. The van der Waals surface area contributed by atoms with Crippen molar-refractivity contribution < 1.29 is 24.0 Å². The first-order valence-corrected chi connectivity index (χ1v) is 20.2. The molecule has 19 heteroatoms. The fraction of sp³-hybridized carbons (Fsp3) is 0.238. The zero-order valence-electron chi connectivity index (χ0n) is 33.9. The molecular weight excluding hydrogens is 823 g/mol. The molecule has 0 saturated carbocycles. The second-order valence-corrected chi connectivity index (χ2v) is 15.0. The smallest absolute Gasteiger partial charge is 0.273 e. The predicted molar refractivity (Wildman–Crippen MR) is 240 cm³/mol. The van der Waals surface area contributed by atoms with Gasteiger partial charge in [-0.25, -0.2) is 0 Å². The minimum absolute atomic E-state index is 0.0378. The Morgan fingerprint density at radius 3 is 1.79 bits per heavy atom. The second-order valence-electron chi connectivity index (χ2n) is 14.2. The number of aromatic nitrogens is 4. The molecule has 4 heterocycles. The molecule has 318 valence electrons. The van der Waals surface area contributed by atoms with Gasteiger partial charge in [-0.05, 0) is 72.8 Å². The maximum atomic E-state index is 13.5. The first-order chi connectivity index (χ1) is 29.2. The second kappa shape index (κ2) is 18.9. The van der Waals surface area contributed by atoms with Crippen LogP contribution in [0.5, 0.6) is 0 Å². The number of anilines is 5. The average Bonchev–Trinajstić information content (AvgIpc) is 3.98. The first-order valence-electron chi connectivity index (χ1n) is 19.1. The van der Waals surface area contributed by atoms with Crippen molar-refractivity contribution in [2.75, 3.05) is 57.6 Å². The molecule has 0 saturated heterocycles. The van der Waals surface area contributed by atoms with Crippen molar-refractivity contribution in [1.29, 1.82) is 5.41 Å². The monoisotopic (exact) mass is 868 g/mol. The lowest BCUT2D eigenvalue weighted by atomic mass is 10.1. The molecular formula is C42H46Cl2N12O5. The minimum Gasteiger partial charge on any atom is -0.388 e.